The number of rotatable bonds is 5. The molecule has 0 bridgehead atoms. The summed E-state index contributed by atoms with van der Waals surface area (Å²) in [5.41, 5.74) is 0. The Labute approximate surface area is 79.0 Å². The second-order valence-electron chi connectivity index (χ2n) is 2.89. The monoisotopic (exact) mass is 187 g/mol. The highest BCUT2D eigenvalue weighted by Gasteiger charge is 2.10. The van der Waals surface area contributed by atoms with Crippen molar-refractivity contribution in [3.8, 4) is 0 Å². The van der Waals surface area contributed by atoms with Crippen molar-refractivity contribution in [3.05, 3.63) is 12.0 Å². The zero-order valence-corrected chi connectivity index (χ0v) is 8.86. The predicted octanol–water partition coefficient (Wildman–Crippen LogP) is 2.12. The SMILES string of the molecule is C=CSCCC(=O)N(C)C(C)C. The molecule has 0 aliphatic heterocycles. The molecule has 70 valence electrons. The maximum absolute atomic E-state index is 11.3. The molecule has 0 aliphatic carbocycles. The quantitative estimate of drug-likeness (QED) is 0.614. The van der Waals surface area contributed by atoms with Crippen LogP contribution in [0.3, 0.4) is 0 Å². The first-order valence-corrected chi connectivity index (χ1v) is 5.12. The van der Waals surface area contributed by atoms with Crippen molar-refractivity contribution in [2.75, 3.05) is 12.8 Å². The van der Waals surface area contributed by atoms with E-state index in [0.29, 0.717) is 12.5 Å². The van der Waals surface area contributed by atoms with Crippen LogP contribution in [-0.2, 0) is 4.79 Å². The molecule has 0 N–H and O–H groups in total. The van der Waals surface area contributed by atoms with Crippen LogP contribution in [0.25, 0.3) is 0 Å². The second kappa shape index (κ2) is 6.12. The van der Waals surface area contributed by atoms with Crippen LogP contribution in [0.4, 0.5) is 0 Å². The highest BCUT2D eigenvalue weighted by Crippen LogP contribution is 2.05. The summed E-state index contributed by atoms with van der Waals surface area (Å²) in [6, 6.07) is 0.297. The molecule has 0 radical (unpaired) electrons. The van der Waals surface area contributed by atoms with Gasteiger partial charge >= 0.3 is 0 Å². The van der Waals surface area contributed by atoms with E-state index in [1.807, 2.05) is 20.9 Å². The van der Waals surface area contributed by atoms with Gasteiger partial charge in [-0.2, -0.15) is 0 Å². The highest BCUT2D eigenvalue weighted by molar-refractivity contribution is 8.02. The van der Waals surface area contributed by atoms with Gasteiger partial charge in [-0.15, -0.1) is 11.8 Å². The van der Waals surface area contributed by atoms with Gasteiger partial charge in [0.05, 0.1) is 0 Å². The lowest BCUT2D eigenvalue weighted by atomic mass is 10.3. The van der Waals surface area contributed by atoms with Crippen molar-refractivity contribution >= 4 is 17.7 Å². The van der Waals surface area contributed by atoms with Gasteiger partial charge in [0.25, 0.3) is 0 Å². The Bertz CT molecular complexity index is 157. The minimum absolute atomic E-state index is 0.208. The van der Waals surface area contributed by atoms with Crippen LogP contribution >= 0.6 is 11.8 Å². The number of hydrogen-bond acceptors (Lipinski definition) is 2. The smallest absolute Gasteiger partial charge is 0.223 e. The lowest BCUT2D eigenvalue weighted by Gasteiger charge is -2.21. The summed E-state index contributed by atoms with van der Waals surface area (Å²) in [7, 11) is 1.84. The van der Waals surface area contributed by atoms with Gasteiger partial charge in [-0.05, 0) is 19.3 Å². The van der Waals surface area contributed by atoms with Crippen LogP contribution in [0.1, 0.15) is 20.3 Å². The van der Waals surface area contributed by atoms with Crippen molar-refractivity contribution in [1.29, 1.82) is 0 Å². The lowest BCUT2D eigenvalue weighted by Crippen LogP contribution is -2.33. The van der Waals surface area contributed by atoms with Gasteiger partial charge in [0.15, 0.2) is 0 Å². The van der Waals surface area contributed by atoms with E-state index in [9.17, 15) is 4.79 Å². The summed E-state index contributed by atoms with van der Waals surface area (Å²) in [5, 5.41) is 1.77. The molecular formula is C9H17NOS. The Morgan fingerprint density at radius 3 is 2.67 bits per heavy atom. The maximum atomic E-state index is 11.3. The molecule has 0 rings (SSSR count). The fraction of sp³-hybridized carbons (Fsp3) is 0.667. The lowest BCUT2D eigenvalue weighted by molar-refractivity contribution is -0.130. The van der Waals surface area contributed by atoms with Gasteiger partial charge in [0.1, 0.15) is 0 Å². The first kappa shape index (κ1) is 11.6. The summed E-state index contributed by atoms with van der Waals surface area (Å²) < 4.78 is 0. The number of carbonyl (C=O) groups excluding carboxylic acids is 1. The molecule has 0 heterocycles. The van der Waals surface area contributed by atoms with E-state index in [-0.39, 0.29) is 5.91 Å². The molecule has 0 spiro atoms. The van der Waals surface area contributed by atoms with Crippen molar-refractivity contribution < 1.29 is 4.79 Å². The Morgan fingerprint density at radius 1 is 1.67 bits per heavy atom. The van der Waals surface area contributed by atoms with Crippen LogP contribution in [0.15, 0.2) is 12.0 Å². The molecule has 12 heavy (non-hydrogen) atoms. The summed E-state index contributed by atoms with van der Waals surface area (Å²) in [5.74, 6) is 1.04. The van der Waals surface area contributed by atoms with Gasteiger partial charge in [-0.3, -0.25) is 4.79 Å². The van der Waals surface area contributed by atoms with Gasteiger partial charge in [0.2, 0.25) is 5.91 Å². The topological polar surface area (TPSA) is 20.3 Å². The van der Waals surface area contributed by atoms with E-state index in [0.717, 1.165) is 5.75 Å². The Hall–Kier alpha value is -0.440. The maximum Gasteiger partial charge on any atom is 0.223 e. The molecule has 0 aromatic rings. The average molecular weight is 187 g/mol. The number of thioether (sulfide) groups is 1. The largest absolute Gasteiger partial charge is 0.343 e. The third-order valence-electron chi connectivity index (χ3n) is 1.72. The average Bonchev–Trinajstić information content (AvgIpc) is 2.03. The molecule has 0 saturated heterocycles. The summed E-state index contributed by atoms with van der Waals surface area (Å²) in [4.78, 5) is 13.1. The van der Waals surface area contributed by atoms with E-state index in [1.165, 1.54) is 0 Å². The minimum Gasteiger partial charge on any atom is -0.343 e. The van der Waals surface area contributed by atoms with E-state index in [1.54, 1.807) is 22.1 Å². The van der Waals surface area contributed by atoms with Crippen molar-refractivity contribution in [3.63, 3.8) is 0 Å². The summed E-state index contributed by atoms with van der Waals surface area (Å²) >= 11 is 1.58. The molecule has 0 saturated carbocycles. The molecule has 0 aromatic carbocycles. The standard InChI is InChI=1S/C9H17NOS/c1-5-12-7-6-9(11)10(4)8(2)3/h5,8H,1,6-7H2,2-4H3. The second-order valence-corrected chi connectivity index (χ2v) is 3.96. The van der Waals surface area contributed by atoms with E-state index >= 15 is 0 Å². The van der Waals surface area contributed by atoms with Gasteiger partial charge in [0, 0.05) is 25.3 Å². The molecule has 2 nitrogen and oxygen atoms in total. The fourth-order valence-corrected chi connectivity index (χ4v) is 1.15. The molecule has 0 aromatic heterocycles. The molecule has 0 atom stereocenters. The first-order valence-electron chi connectivity index (χ1n) is 4.07. The van der Waals surface area contributed by atoms with E-state index in [4.69, 9.17) is 0 Å². The van der Waals surface area contributed by atoms with Crippen LogP contribution < -0.4 is 0 Å². The van der Waals surface area contributed by atoms with E-state index < -0.39 is 0 Å². The number of nitrogens with zero attached hydrogens (tertiary/aromatic N) is 1. The summed E-state index contributed by atoms with van der Waals surface area (Å²) in [6.45, 7) is 7.60. The van der Waals surface area contributed by atoms with Crippen molar-refractivity contribution in [2.24, 2.45) is 0 Å². The first-order chi connectivity index (χ1) is 5.59. The number of carbonyl (C=O) groups is 1. The minimum atomic E-state index is 0.208. The van der Waals surface area contributed by atoms with Gasteiger partial charge in [-0.1, -0.05) is 6.58 Å². The van der Waals surface area contributed by atoms with E-state index in [2.05, 4.69) is 6.58 Å². The Kier molecular flexibility index (Phi) is 5.89. The number of hydrogen-bond donors (Lipinski definition) is 0. The molecule has 0 aliphatic rings. The van der Waals surface area contributed by atoms with Gasteiger partial charge in [-0.25, -0.2) is 0 Å². The highest BCUT2D eigenvalue weighted by atomic mass is 32.2. The third kappa shape index (κ3) is 4.44. The van der Waals surface area contributed by atoms with Crippen molar-refractivity contribution in [2.45, 2.75) is 26.3 Å². The molecule has 0 unspecified atom stereocenters. The van der Waals surface area contributed by atoms with Crippen LogP contribution in [0.2, 0.25) is 0 Å². The van der Waals surface area contributed by atoms with Crippen LogP contribution in [0, 0.1) is 0 Å². The Balaban J connectivity index is 3.64. The van der Waals surface area contributed by atoms with Crippen LogP contribution in [0.5, 0.6) is 0 Å². The molecular weight excluding hydrogens is 170 g/mol. The van der Waals surface area contributed by atoms with Crippen molar-refractivity contribution in [1.82, 2.24) is 4.90 Å². The third-order valence-corrected chi connectivity index (χ3v) is 2.40. The molecule has 0 fully saturated rings. The zero-order valence-electron chi connectivity index (χ0n) is 8.04. The predicted molar refractivity (Wildman–Crippen MR) is 55.2 cm³/mol. The summed E-state index contributed by atoms with van der Waals surface area (Å²) in [6.07, 6.45) is 0.603. The zero-order chi connectivity index (χ0) is 9.56. The fourth-order valence-electron chi connectivity index (χ4n) is 0.694. The van der Waals surface area contributed by atoms with Gasteiger partial charge < -0.3 is 4.90 Å². The number of amides is 1. The Morgan fingerprint density at radius 2 is 2.25 bits per heavy atom. The molecule has 1 amide bonds. The van der Waals surface area contributed by atoms with Crippen LogP contribution in [-0.4, -0.2) is 29.6 Å². The molecule has 3 heteroatoms. The normalized spacial score (nSPS) is 10.0.